The summed E-state index contributed by atoms with van der Waals surface area (Å²) >= 11 is 0. The van der Waals surface area contributed by atoms with Crippen molar-refractivity contribution < 1.29 is 19.1 Å². The Balaban J connectivity index is 1.32. The Morgan fingerprint density at radius 3 is 2.68 bits per heavy atom. The minimum atomic E-state index is -0.181. The van der Waals surface area contributed by atoms with E-state index < -0.39 is 0 Å². The van der Waals surface area contributed by atoms with E-state index in [2.05, 4.69) is 5.32 Å². The molecule has 1 amide bonds. The molecular weight excluding hydrogens is 392 g/mol. The number of carbonyl (C=O) groups is 2. The number of hydrogen-bond donors (Lipinski definition) is 1. The first-order valence-corrected chi connectivity index (χ1v) is 10.9. The fourth-order valence-corrected chi connectivity index (χ4v) is 4.11. The summed E-state index contributed by atoms with van der Waals surface area (Å²) in [6.45, 7) is 3.38. The van der Waals surface area contributed by atoms with Crippen molar-refractivity contribution in [1.82, 2.24) is 9.88 Å². The molecule has 0 spiro atoms. The van der Waals surface area contributed by atoms with Gasteiger partial charge >= 0.3 is 0 Å². The monoisotopic (exact) mass is 418 g/mol. The summed E-state index contributed by atoms with van der Waals surface area (Å²) in [7, 11) is 0. The van der Waals surface area contributed by atoms with Gasteiger partial charge in [-0.25, -0.2) is 0 Å². The van der Waals surface area contributed by atoms with Crippen LogP contribution in [0.25, 0.3) is 10.9 Å². The van der Waals surface area contributed by atoms with Gasteiger partial charge in [0, 0.05) is 35.0 Å². The number of hydrogen-bond acceptors (Lipinski definition) is 4. The normalized spacial score (nSPS) is 16.5. The smallest absolute Gasteiger partial charge is 0.240 e. The van der Waals surface area contributed by atoms with E-state index in [-0.39, 0.29) is 30.2 Å². The summed E-state index contributed by atoms with van der Waals surface area (Å²) in [5.74, 6) is 1.69. The van der Waals surface area contributed by atoms with Crippen molar-refractivity contribution in [1.29, 1.82) is 0 Å². The Morgan fingerprint density at radius 1 is 1.10 bits per heavy atom. The zero-order valence-electron chi connectivity index (χ0n) is 17.6. The number of aromatic nitrogens is 1. The summed E-state index contributed by atoms with van der Waals surface area (Å²) < 4.78 is 13.3. The highest BCUT2D eigenvalue weighted by atomic mass is 16.5. The van der Waals surface area contributed by atoms with Crippen LogP contribution in [0.3, 0.4) is 0 Å². The second-order valence-electron chi connectivity index (χ2n) is 8.37. The maximum atomic E-state index is 12.8. The number of benzene rings is 2. The van der Waals surface area contributed by atoms with E-state index in [1.807, 2.05) is 60.2 Å². The van der Waals surface area contributed by atoms with Gasteiger partial charge in [0.25, 0.3) is 0 Å². The number of para-hydroxylation sites is 1. The van der Waals surface area contributed by atoms with Crippen LogP contribution in [-0.4, -0.2) is 29.5 Å². The van der Waals surface area contributed by atoms with Crippen molar-refractivity contribution in [3.8, 4) is 11.5 Å². The lowest BCUT2D eigenvalue weighted by molar-refractivity contribution is -0.122. The van der Waals surface area contributed by atoms with E-state index in [4.69, 9.17) is 9.47 Å². The second kappa shape index (κ2) is 8.10. The molecule has 6 nitrogen and oxygen atoms in total. The zero-order chi connectivity index (χ0) is 21.4. The van der Waals surface area contributed by atoms with Gasteiger partial charge in [0.05, 0.1) is 19.3 Å². The highest BCUT2D eigenvalue weighted by molar-refractivity contribution is 6.10. The number of amides is 1. The Morgan fingerprint density at radius 2 is 1.87 bits per heavy atom. The molecule has 1 aliphatic carbocycles. The van der Waals surface area contributed by atoms with Gasteiger partial charge in [-0.3, -0.25) is 9.59 Å². The lowest BCUT2D eigenvalue weighted by atomic mass is 10.1. The van der Waals surface area contributed by atoms with Gasteiger partial charge < -0.3 is 19.4 Å². The number of ketones is 1. The van der Waals surface area contributed by atoms with Crippen LogP contribution in [0.4, 0.5) is 0 Å². The van der Waals surface area contributed by atoms with Gasteiger partial charge in [0.2, 0.25) is 5.91 Å². The summed E-state index contributed by atoms with van der Waals surface area (Å²) in [6, 6.07) is 13.4. The van der Waals surface area contributed by atoms with E-state index in [1.54, 1.807) is 0 Å². The standard InChI is InChI=1S/C25H26N2O4/c1-16(18-9-10-22-23(13-18)31-12-4-11-30-22)26-24(28)15-27-14-20(25(29)17-7-8-17)19-5-2-3-6-21(19)27/h2-3,5-6,9-10,13-14,16-17H,4,7-8,11-12,15H2,1H3,(H,26,28)/t16-/m1/s1. The first kappa shape index (κ1) is 19.7. The quantitative estimate of drug-likeness (QED) is 0.607. The van der Waals surface area contributed by atoms with Crippen LogP contribution in [0.5, 0.6) is 11.5 Å². The van der Waals surface area contributed by atoms with Crippen LogP contribution in [0, 0.1) is 5.92 Å². The van der Waals surface area contributed by atoms with E-state index in [0.717, 1.165) is 52.8 Å². The van der Waals surface area contributed by atoms with Gasteiger partial charge in [-0.1, -0.05) is 24.3 Å². The number of fused-ring (bicyclic) bond motifs is 2. The predicted octanol–water partition coefficient (Wildman–Crippen LogP) is 4.27. The lowest BCUT2D eigenvalue weighted by Gasteiger charge is -2.17. The highest BCUT2D eigenvalue weighted by Crippen LogP contribution is 2.35. The SMILES string of the molecule is C[C@@H](NC(=O)Cn1cc(C(=O)C2CC2)c2ccccc21)c1ccc2c(c1)OCCCO2. The molecule has 1 atom stereocenters. The molecule has 6 heteroatoms. The molecule has 1 N–H and O–H groups in total. The molecule has 0 radical (unpaired) electrons. The van der Waals surface area contributed by atoms with Crippen LogP contribution in [-0.2, 0) is 11.3 Å². The van der Waals surface area contributed by atoms with E-state index in [9.17, 15) is 9.59 Å². The van der Waals surface area contributed by atoms with Crippen molar-refractivity contribution in [2.45, 2.75) is 38.8 Å². The minimum Gasteiger partial charge on any atom is -0.490 e. The number of Topliss-reactive ketones (excluding diaryl/α,β-unsaturated/α-hetero) is 1. The molecule has 2 aromatic carbocycles. The summed E-state index contributed by atoms with van der Waals surface area (Å²) in [5, 5.41) is 3.98. The van der Waals surface area contributed by atoms with Gasteiger partial charge in [0.15, 0.2) is 17.3 Å². The molecule has 0 saturated heterocycles. The molecule has 0 bridgehead atoms. The first-order chi connectivity index (χ1) is 15.1. The van der Waals surface area contributed by atoms with E-state index in [0.29, 0.717) is 13.2 Å². The Bertz CT molecular complexity index is 1150. The average molecular weight is 418 g/mol. The Kier molecular flexibility index (Phi) is 5.14. The highest BCUT2D eigenvalue weighted by Gasteiger charge is 2.32. The van der Waals surface area contributed by atoms with Gasteiger partial charge in [-0.2, -0.15) is 0 Å². The average Bonchev–Trinajstić information content (AvgIpc) is 3.59. The molecule has 2 aliphatic rings. The third-order valence-electron chi connectivity index (χ3n) is 5.97. The molecule has 2 heterocycles. The number of nitrogens with zero attached hydrogens (tertiary/aromatic N) is 1. The topological polar surface area (TPSA) is 69.6 Å². The molecule has 1 saturated carbocycles. The van der Waals surface area contributed by atoms with Crippen LogP contribution in [0.2, 0.25) is 0 Å². The number of nitrogens with one attached hydrogen (secondary N) is 1. The third kappa shape index (κ3) is 4.02. The van der Waals surface area contributed by atoms with Gasteiger partial charge in [-0.15, -0.1) is 0 Å². The molecule has 1 aliphatic heterocycles. The molecular formula is C25H26N2O4. The number of carbonyl (C=O) groups excluding carboxylic acids is 2. The number of ether oxygens (including phenoxy) is 2. The van der Waals surface area contributed by atoms with E-state index >= 15 is 0 Å². The number of rotatable bonds is 6. The minimum absolute atomic E-state index is 0.106. The van der Waals surface area contributed by atoms with Crippen molar-refractivity contribution in [2.75, 3.05) is 13.2 Å². The fourth-order valence-electron chi connectivity index (χ4n) is 4.11. The third-order valence-corrected chi connectivity index (χ3v) is 5.97. The van der Waals surface area contributed by atoms with Crippen LogP contribution in [0.1, 0.15) is 48.1 Å². The van der Waals surface area contributed by atoms with Crippen LogP contribution < -0.4 is 14.8 Å². The predicted molar refractivity (Wildman–Crippen MR) is 118 cm³/mol. The molecule has 3 aromatic rings. The molecule has 1 aromatic heterocycles. The van der Waals surface area contributed by atoms with E-state index in [1.165, 1.54) is 0 Å². The maximum Gasteiger partial charge on any atom is 0.240 e. The first-order valence-electron chi connectivity index (χ1n) is 10.9. The second-order valence-corrected chi connectivity index (χ2v) is 8.37. The summed E-state index contributed by atoms with van der Waals surface area (Å²) in [5.41, 5.74) is 2.59. The van der Waals surface area contributed by atoms with Crippen molar-refractivity contribution in [3.05, 3.63) is 59.8 Å². The largest absolute Gasteiger partial charge is 0.490 e. The fraction of sp³-hybridized carbons (Fsp3) is 0.360. The summed E-state index contributed by atoms with van der Waals surface area (Å²) in [4.78, 5) is 25.5. The zero-order valence-corrected chi connectivity index (χ0v) is 17.6. The molecule has 0 unspecified atom stereocenters. The van der Waals surface area contributed by atoms with Gasteiger partial charge in [-0.05, 0) is 43.5 Å². The summed E-state index contributed by atoms with van der Waals surface area (Å²) in [6.07, 6.45) is 4.62. The van der Waals surface area contributed by atoms with Crippen LogP contribution >= 0.6 is 0 Å². The van der Waals surface area contributed by atoms with Crippen molar-refractivity contribution in [2.24, 2.45) is 5.92 Å². The maximum absolute atomic E-state index is 12.8. The Labute approximate surface area is 181 Å². The van der Waals surface area contributed by atoms with Crippen molar-refractivity contribution >= 4 is 22.6 Å². The Hall–Kier alpha value is -3.28. The molecule has 5 rings (SSSR count). The van der Waals surface area contributed by atoms with Crippen LogP contribution in [0.15, 0.2) is 48.7 Å². The van der Waals surface area contributed by atoms with Crippen molar-refractivity contribution in [3.63, 3.8) is 0 Å². The molecule has 1 fully saturated rings. The lowest BCUT2D eigenvalue weighted by Crippen LogP contribution is -2.30. The van der Waals surface area contributed by atoms with Gasteiger partial charge in [0.1, 0.15) is 6.54 Å². The molecule has 160 valence electrons. The molecule has 31 heavy (non-hydrogen) atoms.